The Kier molecular flexibility index (Phi) is 9.42. The minimum Gasteiger partial charge on any atom is -0.506 e. The summed E-state index contributed by atoms with van der Waals surface area (Å²) >= 11 is 0. The SMILES string of the molecule is CCc1c(-c2ccc3c(c2)cc(CN2CCCC2CN(C)C)n3C)[nH]c(=O)c(C(=O)O)c1O.Cl.Cl. The highest BCUT2D eigenvalue weighted by molar-refractivity contribution is 5.92. The number of aromatic nitrogens is 2. The van der Waals surface area contributed by atoms with Crippen LogP contribution >= 0.6 is 24.8 Å². The molecular formula is C25H34Cl2N4O4. The number of H-pyrrole nitrogens is 1. The lowest BCUT2D eigenvalue weighted by Gasteiger charge is -2.27. The molecule has 8 nitrogen and oxygen atoms in total. The summed E-state index contributed by atoms with van der Waals surface area (Å²) in [6, 6.07) is 8.64. The number of aromatic hydroxyl groups is 1. The van der Waals surface area contributed by atoms with Crippen LogP contribution in [0.4, 0.5) is 0 Å². The summed E-state index contributed by atoms with van der Waals surface area (Å²) in [5.74, 6) is -1.90. The van der Waals surface area contributed by atoms with Crippen LogP contribution in [0.15, 0.2) is 29.1 Å². The molecule has 1 aliphatic heterocycles. The van der Waals surface area contributed by atoms with Crippen LogP contribution in [0.25, 0.3) is 22.2 Å². The highest BCUT2D eigenvalue weighted by Gasteiger charge is 2.26. The van der Waals surface area contributed by atoms with Gasteiger partial charge in [-0.05, 0) is 63.7 Å². The van der Waals surface area contributed by atoms with Crippen molar-refractivity contribution in [3.05, 3.63) is 51.4 Å². The summed E-state index contributed by atoms with van der Waals surface area (Å²) in [4.78, 5) is 31.2. The number of carboxylic acid groups (broad SMARTS) is 1. The van der Waals surface area contributed by atoms with Gasteiger partial charge in [-0.1, -0.05) is 13.0 Å². The van der Waals surface area contributed by atoms with Crippen LogP contribution in [0.3, 0.4) is 0 Å². The molecular weight excluding hydrogens is 491 g/mol. The number of likely N-dealkylation sites (tertiary alicyclic amines) is 1. The minimum atomic E-state index is -1.44. The molecule has 1 unspecified atom stereocenters. The second-order valence-electron chi connectivity index (χ2n) is 9.19. The zero-order chi connectivity index (χ0) is 23.9. The lowest BCUT2D eigenvalue weighted by atomic mass is 9.99. The fraction of sp³-hybridized carbons (Fsp3) is 0.440. The Bertz CT molecular complexity index is 1270. The number of benzene rings is 1. The quantitative estimate of drug-likeness (QED) is 0.433. The van der Waals surface area contributed by atoms with E-state index in [4.69, 9.17) is 0 Å². The van der Waals surface area contributed by atoms with Crippen LogP contribution in [0.1, 0.15) is 41.4 Å². The maximum atomic E-state index is 12.4. The molecule has 0 saturated carbocycles. The van der Waals surface area contributed by atoms with Crippen molar-refractivity contribution in [2.75, 3.05) is 27.2 Å². The van der Waals surface area contributed by atoms with Gasteiger partial charge in [0.15, 0.2) is 5.56 Å². The third kappa shape index (κ3) is 5.51. The van der Waals surface area contributed by atoms with Crippen LogP contribution in [-0.4, -0.2) is 68.8 Å². The molecule has 2 aromatic heterocycles. The molecule has 0 amide bonds. The summed E-state index contributed by atoms with van der Waals surface area (Å²) in [5, 5.41) is 20.8. The van der Waals surface area contributed by atoms with E-state index in [9.17, 15) is 19.8 Å². The second-order valence-corrected chi connectivity index (χ2v) is 9.19. The Morgan fingerprint density at radius 3 is 2.57 bits per heavy atom. The molecule has 0 aliphatic carbocycles. The van der Waals surface area contributed by atoms with Crippen molar-refractivity contribution in [1.82, 2.24) is 19.4 Å². The molecule has 1 saturated heterocycles. The number of nitrogens with zero attached hydrogens (tertiary/aromatic N) is 3. The van der Waals surface area contributed by atoms with Crippen molar-refractivity contribution >= 4 is 41.7 Å². The molecule has 1 fully saturated rings. The summed E-state index contributed by atoms with van der Waals surface area (Å²) < 4.78 is 2.21. The fourth-order valence-corrected chi connectivity index (χ4v) is 5.07. The van der Waals surface area contributed by atoms with Gasteiger partial charge in [-0.2, -0.15) is 0 Å². The number of aromatic carboxylic acids is 1. The smallest absolute Gasteiger partial charge is 0.345 e. The summed E-state index contributed by atoms with van der Waals surface area (Å²) in [6.07, 6.45) is 2.82. The topological polar surface area (TPSA) is 102 Å². The molecule has 3 heterocycles. The van der Waals surface area contributed by atoms with E-state index in [2.05, 4.69) is 46.6 Å². The molecule has 192 valence electrons. The zero-order valence-corrected chi connectivity index (χ0v) is 22.1. The molecule has 0 radical (unpaired) electrons. The maximum Gasteiger partial charge on any atom is 0.345 e. The van der Waals surface area contributed by atoms with E-state index in [0.717, 1.165) is 36.1 Å². The average Bonchev–Trinajstić information content (AvgIpc) is 3.30. The lowest BCUT2D eigenvalue weighted by Crippen LogP contribution is -2.37. The first-order chi connectivity index (χ1) is 15.7. The largest absolute Gasteiger partial charge is 0.506 e. The van der Waals surface area contributed by atoms with Crippen molar-refractivity contribution in [2.45, 2.75) is 38.8 Å². The predicted molar refractivity (Wildman–Crippen MR) is 143 cm³/mol. The van der Waals surface area contributed by atoms with Gasteiger partial charge in [0.25, 0.3) is 5.56 Å². The number of likely N-dealkylation sites (N-methyl/N-ethyl adjacent to an activating group) is 1. The molecule has 0 bridgehead atoms. The van der Waals surface area contributed by atoms with Gasteiger partial charge in [-0.25, -0.2) is 4.79 Å². The van der Waals surface area contributed by atoms with Crippen molar-refractivity contribution < 1.29 is 15.0 Å². The molecule has 3 aromatic rings. The predicted octanol–water partition coefficient (Wildman–Crippen LogP) is 3.87. The van der Waals surface area contributed by atoms with Crippen LogP contribution < -0.4 is 5.56 Å². The van der Waals surface area contributed by atoms with Crippen molar-refractivity contribution in [3.8, 4) is 17.0 Å². The van der Waals surface area contributed by atoms with E-state index in [1.165, 1.54) is 18.5 Å². The maximum absolute atomic E-state index is 12.4. The van der Waals surface area contributed by atoms with E-state index in [1.807, 2.05) is 25.1 Å². The van der Waals surface area contributed by atoms with Gasteiger partial charge in [0, 0.05) is 48.3 Å². The highest BCUT2D eigenvalue weighted by Crippen LogP contribution is 2.33. The van der Waals surface area contributed by atoms with Gasteiger partial charge in [-0.15, -0.1) is 24.8 Å². The second kappa shape index (κ2) is 11.5. The van der Waals surface area contributed by atoms with Crippen LogP contribution in [0, 0.1) is 0 Å². The van der Waals surface area contributed by atoms with Crippen LogP contribution in [0.2, 0.25) is 0 Å². The molecule has 1 atom stereocenters. The Balaban J connectivity index is 0.00000216. The Hall–Kier alpha value is -2.52. The summed E-state index contributed by atoms with van der Waals surface area (Å²) in [6.45, 7) is 4.85. The van der Waals surface area contributed by atoms with Gasteiger partial charge in [0.1, 0.15) is 5.75 Å². The number of carboxylic acids is 1. The molecule has 0 spiro atoms. The number of hydrogen-bond acceptors (Lipinski definition) is 5. The van der Waals surface area contributed by atoms with Gasteiger partial charge in [0.2, 0.25) is 0 Å². The fourth-order valence-electron chi connectivity index (χ4n) is 5.07. The summed E-state index contributed by atoms with van der Waals surface area (Å²) in [5.41, 5.74) is 2.52. The first-order valence-corrected chi connectivity index (χ1v) is 11.4. The van der Waals surface area contributed by atoms with E-state index in [0.29, 0.717) is 23.7 Å². The molecule has 35 heavy (non-hydrogen) atoms. The number of pyridine rings is 1. The summed E-state index contributed by atoms with van der Waals surface area (Å²) in [7, 11) is 6.30. The van der Waals surface area contributed by atoms with E-state index in [-0.39, 0.29) is 24.8 Å². The standard InChI is InChI=1S/C25H32N4O4.2ClH/c1-5-19-22(26-24(31)21(23(19)30)25(32)33)15-8-9-20-16(11-15)12-18(28(20)4)14-29-10-6-7-17(29)13-27(2)3;;/h8-9,11-12,17H,5-7,10,13-14H2,1-4H3,(H,32,33)(H2,26,30,31);2*1H. The van der Waals surface area contributed by atoms with Crippen LogP contribution in [-0.2, 0) is 20.0 Å². The number of nitrogens with one attached hydrogen (secondary N) is 1. The number of fused-ring (bicyclic) bond motifs is 1. The Morgan fingerprint density at radius 1 is 1.23 bits per heavy atom. The molecule has 3 N–H and O–H groups in total. The average molecular weight is 525 g/mol. The number of hydrogen-bond donors (Lipinski definition) is 3. The zero-order valence-electron chi connectivity index (χ0n) is 20.5. The van der Waals surface area contributed by atoms with Gasteiger partial charge < -0.3 is 24.7 Å². The van der Waals surface area contributed by atoms with Gasteiger partial charge in [0.05, 0.1) is 5.69 Å². The van der Waals surface area contributed by atoms with Gasteiger partial charge >= 0.3 is 5.97 Å². The third-order valence-corrected chi connectivity index (χ3v) is 6.73. The minimum absolute atomic E-state index is 0. The number of aromatic amines is 1. The van der Waals surface area contributed by atoms with E-state index < -0.39 is 22.8 Å². The highest BCUT2D eigenvalue weighted by atomic mass is 35.5. The molecule has 4 rings (SSSR count). The molecule has 10 heteroatoms. The third-order valence-electron chi connectivity index (χ3n) is 6.73. The number of rotatable bonds is 7. The number of aryl methyl sites for hydroxylation is 1. The first-order valence-electron chi connectivity index (χ1n) is 11.4. The monoisotopic (exact) mass is 524 g/mol. The van der Waals surface area contributed by atoms with Crippen molar-refractivity contribution in [3.63, 3.8) is 0 Å². The lowest BCUT2D eigenvalue weighted by molar-refractivity contribution is 0.0691. The van der Waals surface area contributed by atoms with E-state index >= 15 is 0 Å². The molecule has 1 aliphatic rings. The number of halogens is 2. The molecule has 1 aromatic carbocycles. The van der Waals surface area contributed by atoms with Crippen LogP contribution in [0.5, 0.6) is 5.75 Å². The Morgan fingerprint density at radius 2 is 1.94 bits per heavy atom. The van der Waals surface area contributed by atoms with Crippen molar-refractivity contribution in [1.29, 1.82) is 0 Å². The van der Waals surface area contributed by atoms with E-state index in [1.54, 1.807) is 0 Å². The van der Waals surface area contributed by atoms with Crippen molar-refractivity contribution in [2.24, 2.45) is 7.05 Å². The normalized spacial score (nSPS) is 15.9. The first kappa shape index (κ1) is 28.7. The van der Waals surface area contributed by atoms with Gasteiger partial charge in [-0.3, -0.25) is 9.69 Å². The Labute approximate surface area is 217 Å². The number of carbonyl (C=O) groups is 1.